The molecule has 2 amide bonds. The Morgan fingerprint density at radius 3 is 2.52 bits per heavy atom. The van der Waals surface area contributed by atoms with Crippen molar-refractivity contribution in [1.82, 2.24) is 10.6 Å². The first-order valence-electron chi connectivity index (χ1n) is 7.79. The van der Waals surface area contributed by atoms with Crippen LogP contribution in [0.1, 0.15) is 38.2 Å². The van der Waals surface area contributed by atoms with E-state index in [0.29, 0.717) is 12.5 Å². The van der Waals surface area contributed by atoms with E-state index in [2.05, 4.69) is 17.6 Å². The number of amides is 2. The minimum atomic E-state index is -0.524. The molecular weight excluding hydrogens is 264 g/mol. The van der Waals surface area contributed by atoms with Gasteiger partial charge in [0.1, 0.15) is 0 Å². The van der Waals surface area contributed by atoms with E-state index in [9.17, 15) is 9.59 Å². The fraction of sp³-hybridized carbons (Fsp3) is 0.529. The standard InChI is InChI=1S/C17H24N2O2/c1-13-7-5-6-10-15(13)19-17(21)16(20)18-12-11-14-8-3-2-4-9-14/h2-4,8-9,13,15H,5-7,10-12H2,1H3,(H,18,20)(H,19,21). The molecule has 1 fully saturated rings. The molecule has 0 radical (unpaired) electrons. The molecule has 0 spiro atoms. The maximum Gasteiger partial charge on any atom is 0.309 e. The summed E-state index contributed by atoms with van der Waals surface area (Å²) in [6.07, 6.45) is 5.19. The van der Waals surface area contributed by atoms with Crippen LogP contribution in [-0.2, 0) is 16.0 Å². The highest BCUT2D eigenvalue weighted by Crippen LogP contribution is 2.23. The van der Waals surface area contributed by atoms with E-state index in [1.807, 2.05) is 30.3 Å². The summed E-state index contributed by atoms with van der Waals surface area (Å²) in [7, 11) is 0. The van der Waals surface area contributed by atoms with Crippen LogP contribution < -0.4 is 10.6 Å². The molecule has 1 aromatic carbocycles. The number of rotatable bonds is 4. The highest BCUT2D eigenvalue weighted by molar-refractivity contribution is 6.35. The number of carbonyl (C=O) groups excluding carboxylic acids is 2. The monoisotopic (exact) mass is 288 g/mol. The molecule has 1 saturated carbocycles. The van der Waals surface area contributed by atoms with Crippen LogP contribution in [0.15, 0.2) is 30.3 Å². The molecule has 0 saturated heterocycles. The Morgan fingerprint density at radius 1 is 1.10 bits per heavy atom. The van der Waals surface area contributed by atoms with E-state index >= 15 is 0 Å². The van der Waals surface area contributed by atoms with Crippen molar-refractivity contribution >= 4 is 11.8 Å². The predicted octanol–water partition coefficient (Wildman–Crippen LogP) is 2.04. The van der Waals surface area contributed by atoms with Gasteiger partial charge >= 0.3 is 11.8 Å². The summed E-state index contributed by atoms with van der Waals surface area (Å²) in [6.45, 7) is 2.62. The summed E-state index contributed by atoms with van der Waals surface area (Å²) in [5.74, 6) is -0.565. The molecule has 0 aromatic heterocycles. The van der Waals surface area contributed by atoms with Gasteiger partial charge in [0.25, 0.3) is 0 Å². The van der Waals surface area contributed by atoms with E-state index in [1.54, 1.807) is 0 Å². The van der Waals surface area contributed by atoms with Crippen molar-refractivity contribution in [3.05, 3.63) is 35.9 Å². The first-order valence-corrected chi connectivity index (χ1v) is 7.79. The molecule has 1 aromatic rings. The van der Waals surface area contributed by atoms with E-state index in [1.165, 1.54) is 6.42 Å². The van der Waals surface area contributed by atoms with E-state index in [4.69, 9.17) is 0 Å². The van der Waals surface area contributed by atoms with Crippen LogP contribution in [0.5, 0.6) is 0 Å². The van der Waals surface area contributed by atoms with Crippen LogP contribution in [0.3, 0.4) is 0 Å². The minimum Gasteiger partial charge on any atom is -0.348 e. The summed E-state index contributed by atoms with van der Waals surface area (Å²) < 4.78 is 0. The van der Waals surface area contributed by atoms with E-state index < -0.39 is 11.8 Å². The normalized spacial score (nSPS) is 21.6. The highest BCUT2D eigenvalue weighted by Gasteiger charge is 2.25. The quantitative estimate of drug-likeness (QED) is 0.833. The predicted molar refractivity (Wildman–Crippen MR) is 82.7 cm³/mol. The molecule has 0 aliphatic heterocycles. The maximum atomic E-state index is 11.9. The van der Waals surface area contributed by atoms with Crippen LogP contribution in [0, 0.1) is 5.92 Å². The van der Waals surface area contributed by atoms with Gasteiger partial charge in [-0.3, -0.25) is 9.59 Å². The van der Waals surface area contributed by atoms with Crippen LogP contribution in [0.25, 0.3) is 0 Å². The molecule has 2 unspecified atom stereocenters. The molecule has 1 aliphatic rings. The van der Waals surface area contributed by atoms with Crippen LogP contribution in [0.4, 0.5) is 0 Å². The smallest absolute Gasteiger partial charge is 0.309 e. The molecule has 2 N–H and O–H groups in total. The van der Waals surface area contributed by atoms with Gasteiger partial charge in [-0.25, -0.2) is 0 Å². The average Bonchev–Trinajstić information content (AvgIpc) is 2.50. The Hall–Kier alpha value is -1.84. The van der Waals surface area contributed by atoms with Gasteiger partial charge in [-0.1, -0.05) is 50.1 Å². The van der Waals surface area contributed by atoms with Crippen molar-refractivity contribution in [2.24, 2.45) is 5.92 Å². The van der Waals surface area contributed by atoms with E-state index in [0.717, 1.165) is 31.2 Å². The van der Waals surface area contributed by atoms with Crippen LogP contribution >= 0.6 is 0 Å². The van der Waals surface area contributed by atoms with Crippen LogP contribution in [-0.4, -0.2) is 24.4 Å². The fourth-order valence-corrected chi connectivity index (χ4v) is 2.81. The lowest BCUT2D eigenvalue weighted by Gasteiger charge is -2.29. The number of hydrogen-bond donors (Lipinski definition) is 2. The summed E-state index contributed by atoms with van der Waals surface area (Å²) in [4.78, 5) is 23.7. The molecule has 0 bridgehead atoms. The van der Waals surface area contributed by atoms with Crippen molar-refractivity contribution in [1.29, 1.82) is 0 Å². The first-order chi connectivity index (χ1) is 10.2. The largest absolute Gasteiger partial charge is 0.348 e. The Labute approximate surface area is 126 Å². The lowest BCUT2D eigenvalue weighted by Crippen LogP contribution is -2.48. The Bertz CT molecular complexity index is 473. The second kappa shape index (κ2) is 7.81. The van der Waals surface area contributed by atoms with Crippen molar-refractivity contribution in [2.75, 3.05) is 6.54 Å². The molecule has 4 heteroatoms. The third-order valence-electron chi connectivity index (χ3n) is 4.18. The molecule has 2 rings (SSSR count). The van der Waals surface area contributed by atoms with Crippen molar-refractivity contribution in [2.45, 2.75) is 45.1 Å². The highest BCUT2D eigenvalue weighted by atomic mass is 16.2. The SMILES string of the molecule is CC1CCCCC1NC(=O)C(=O)NCCc1ccccc1. The molecular formula is C17H24N2O2. The minimum absolute atomic E-state index is 0.145. The maximum absolute atomic E-state index is 11.9. The second-order valence-corrected chi connectivity index (χ2v) is 5.83. The molecule has 21 heavy (non-hydrogen) atoms. The third kappa shape index (κ3) is 4.88. The van der Waals surface area contributed by atoms with Crippen molar-refractivity contribution in [3.8, 4) is 0 Å². The van der Waals surface area contributed by atoms with Crippen molar-refractivity contribution < 1.29 is 9.59 Å². The number of hydrogen-bond acceptors (Lipinski definition) is 2. The molecule has 0 heterocycles. The molecule has 114 valence electrons. The third-order valence-corrected chi connectivity index (χ3v) is 4.18. The second-order valence-electron chi connectivity index (χ2n) is 5.83. The van der Waals surface area contributed by atoms with Gasteiger partial charge in [-0.15, -0.1) is 0 Å². The Kier molecular flexibility index (Phi) is 5.78. The van der Waals surface area contributed by atoms with E-state index in [-0.39, 0.29) is 6.04 Å². The van der Waals surface area contributed by atoms with Crippen LogP contribution in [0.2, 0.25) is 0 Å². The van der Waals surface area contributed by atoms with Gasteiger partial charge in [0.2, 0.25) is 0 Å². The molecule has 4 nitrogen and oxygen atoms in total. The summed E-state index contributed by atoms with van der Waals surface area (Å²) in [6, 6.07) is 10.1. The van der Waals surface area contributed by atoms with Gasteiger partial charge in [-0.2, -0.15) is 0 Å². The zero-order chi connectivity index (χ0) is 15.1. The number of nitrogens with one attached hydrogen (secondary N) is 2. The average molecular weight is 288 g/mol. The van der Waals surface area contributed by atoms with Gasteiger partial charge in [0.15, 0.2) is 0 Å². The Balaban J connectivity index is 1.71. The topological polar surface area (TPSA) is 58.2 Å². The zero-order valence-corrected chi connectivity index (χ0v) is 12.6. The fourth-order valence-electron chi connectivity index (χ4n) is 2.81. The van der Waals surface area contributed by atoms with Gasteiger partial charge in [0.05, 0.1) is 0 Å². The summed E-state index contributed by atoms with van der Waals surface area (Å²) in [5, 5.41) is 5.55. The molecule has 1 aliphatic carbocycles. The summed E-state index contributed by atoms with van der Waals surface area (Å²) in [5.41, 5.74) is 1.15. The lowest BCUT2D eigenvalue weighted by atomic mass is 9.86. The summed E-state index contributed by atoms with van der Waals surface area (Å²) >= 11 is 0. The van der Waals surface area contributed by atoms with Crippen molar-refractivity contribution in [3.63, 3.8) is 0 Å². The zero-order valence-electron chi connectivity index (χ0n) is 12.6. The van der Waals surface area contributed by atoms with Gasteiger partial charge in [-0.05, 0) is 30.7 Å². The first kappa shape index (κ1) is 15.5. The molecule has 2 atom stereocenters. The van der Waals surface area contributed by atoms with Gasteiger partial charge in [0, 0.05) is 12.6 Å². The number of benzene rings is 1. The Morgan fingerprint density at radius 2 is 1.81 bits per heavy atom. The van der Waals surface area contributed by atoms with Gasteiger partial charge < -0.3 is 10.6 Å². The number of carbonyl (C=O) groups is 2. The lowest BCUT2D eigenvalue weighted by molar-refractivity contribution is -0.139.